The third kappa shape index (κ3) is 4.01. The van der Waals surface area contributed by atoms with Gasteiger partial charge >= 0.3 is 0 Å². The SMILES string of the molecule is CC(C)(O)CO[C@H]1CCN(c2nccc(N)n2)C[C@H]1F. The molecule has 0 aromatic carbocycles. The Morgan fingerprint density at radius 2 is 2.35 bits per heavy atom. The average Bonchev–Trinajstić information content (AvgIpc) is 2.36. The lowest BCUT2D eigenvalue weighted by Crippen LogP contribution is -2.47. The van der Waals surface area contributed by atoms with Crippen LogP contribution in [0.1, 0.15) is 20.3 Å². The van der Waals surface area contributed by atoms with Crippen LogP contribution in [0.5, 0.6) is 0 Å². The number of nitrogens with two attached hydrogens (primary N) is 1. The highest BCUT2D eigenvalue weighted by Gasteiger charge is 2.32. The van der Waals surface area contributed by atoms with Gasteiger partial charge < -0.3 is 20.5 Å². The molecule has 1 fully saturated rings. The first-order valence-electron chi connectivity index (χ1n) is 6.67. The number of nitrogens with zero attached hydrogens (tertiary/aromatic N) is 3. The summed E-state index contributed by atoms with van der Waals surface area (Å²) in [7, 11) is 0. The van der Waals surface area contributed by atoms with Crippen LogP contribution in [0.25, 0.3) is 0 Å². The predicted octanol–water partition coefficient (Wildman–Crippen LogP) is 0.763. The van der Waals surface area contributed by atoms with Crippen molar-refractivity contribution in [2.24, 2.45) is 0 Å². The number of alkyl halides is 1. The van der Waals surface area contributed by atoms with E-state index >= 15 is 0 Å². The van der Waals surface area contributed by atoms with Crippen molar-refractivity contribution in [3.05, 3.63) is 12.3 Å². The van der Waals surface area contributed by atoms with Crippen molar-refractivity contribution < 1.29 is 14.2 Å². The van der Waals surface area contributed by atoms with Crippen LogP contribution in [0.2, 0.25) is 0 Å². The highest BCUT2D eigenvalue weighted by molar-refractivity contribution is 5.38. The van der Waals surface area contributed by atoms with Crippen molar-refractivity contribution in [1.29, 1.82) is 0 Å². The third-order valence-electron chi connectivity index (χ3n) is 3.08. The van der Waals surface area contributed by atoms with E-state index < -0.39 is 17.9 Å². The molecule has 0 saturated carbocycles. The maximum atomic E-state index is 14.1. The van der Waals surface area contributed by atoms with Crippen LogP contribution in [0.3, 0.4) is 0 Å². The van der Waals surface area contributed by atoms with Gasteiger partial charge in [-0.2, -0.15) is 4.98 Å². The molecule has 6 nitrogen and oxygen atoms in total. The quantitative estimate of drug-likeness (QED) is 0.849. The first kappa shape index (κ1) is 14.9. The van der Waals surface area contributed by atoms with Crippen LogP contribution in [-0.4, -0.2) is 52.6 Å². The minimum absolute atomic E-state index is 0.118. The van der Waals surface area contributed by atoms with Gasteiger partial charge in [0.25, 0.3) is 0 Å². The summed E-state index contributed by atoms with van der Waals surface area (Å²) in [5, 5.41) is 9.60. The average molecular weight is 284 g/mol. The second-order valence-corrected chi connectivity index (χ2v) is 5.69. The molecular weight excluding hydrogens is 263 g/mol. The molecule has 0 amide bonds. The van der Waals surface area contributed by atoms with Gasteiger partial charge in [0.1, 0.15) is 12.0 Å². The maximum absolute atomic E-state index is 14.1. The Kier molecular flexibility index (Phi) is 4.39. The molecule has 3 N–H and O–H groups in total. The lowest BCUT2D eigenvalue weighted by atomic mass is 10.1. The number of anilines is 2. The van der Waals surface area contributed by atoms with Crippen LogP contribution in [0, 0.1) is 0 Å². The van der Waals surface area contributed by atoms with Crippen LogP contribution in [0.15, 0.2) is 12.3 Å². The van der Waals surface area contributed by atoms with Crippen LogP contribution >= 0.6 is 0 Å². The normalized spacial score (nSPS) is 23.9. The van der Waals surface area contributed by atoms with Gasteiger partial charge in [-0.25, -0.2) is 9.37 Å². The molecular formula is C13H21FN4O2. The van der Waals surface area contributed by atoms with Gasteiger partial charge in [-0.1, -0.05) is 0 Å². The fourth-order valence-corrected chi connectivity index (χ4v) is 2.08. The second-order valence-electron chi connectivity index (χ2n) is 5.69. The largest absolute Gasteiger partial charge is 0.388 e. The van der Waals surface area contributed by atoms with Crippen molar-refractivity contribution in [2.75, 3.05) is 30.3 Å². The lowest BCUT2D eigenvalue weighted by molar-refractivity contribution is -0.0806. The molecule has 0 spiro atoms. The zero-order valence-electron chi connectivity index (χ0n) is 11.8. The van der Waals surface area contributed by atoms with E-state index in [4.69, 9.17) is 10.5 Å². The number of rotatable bonds is 4. The molecule has 0 radical (unpaired) electrons. The van der Waals surface area contributed by atoms with Gasteiger partial charge in [0.05, 0.1) is 24.9 Å². The van der Waals surface area contributed by atoms with Crippen molar-refractivity contribution in [3.8, 4) is 0 Å². The summed E-state index contributed by atoms with van der Waals surface area (Å²) in [6.07, 6.45) is 0.437. The molecule has 0 bridgehead atoms. The first-order valence-corrected chi connectivity index (χ1v) is 6.67. The molecule has 1 aliphatic heterocycles. The molecule has 7 heteroatoms. The van der Waals surface area contributed by atoms with Gasteiger partial charge in [0.2, 0.25) is 5.95 Å². The highest BCUT2D eigenvalue weighted by Crippen LogP contribution is 2.22. The molecule has 2 atom stereocenters. The number of nitrogen functional groups attached to an aromatic ring is 1. The number of piperidine rings is 1. The summed E-state index contributed by atoms with van der Waals surface area (Å²) in [6.45, 7) is 4.15. The van der Waals surface area contributed by atoms with Gasteiger partial charge in [0.15, 0.2) is 0 Å². The Morgan fingerprint density at radius 1 is 1.60 bits per heavy atom. The van der Waals surface area contributed by atoms with Crippen LogP contribution < -0.4 is 10.6 Å². The summed E-state index contributed by atoms with van der Waals surface area (Å²) in [5.74, 6) is 0.805. The predicted molar refractivity (Wildman–Crippen MR) is 74.2 cm³/mol. The summed E-state index contributed by atoms with van der Waals surface area (Å²) >= 11 is 0. The Hall–Kier alpha value is -1.47. The highest BCUT2D eigenvalue weighted by atomic mass is 19.1. The number of hydrogen-bond donors (Lipinski definition) is 2. The van der Waals surface area contributed by atoms with E-state index in [9.17, 15) is 9.50 Å². The molecule has 1 aromatic rings. The van der Waals surface area contributed by atoms with Gasteiger partial charge in [-0.3, -0.25) is 0 Å². The van der Waals surface area contributed by atoms with E-state index in [1.807, 2.05) is 0 Å². The first-order chi connectivity index (χ1) is 9.35. The van der Waals surface area contributed by atoms with Crippen LogP contribution in [0.4, 0.5) is 16.2 Å². The van der Waals surface area contributed by atoms with E-state index in [2.05, 4.69) is 9.97 Å². The molecule has 112 valence electrons. The summed E-state index contributed by atoms with van der Waals surface area (Å²) in [5.41, 5.74) is 4.65. The fourth-order valence-electron chi connectivity index (χ4n) is 2.08. The van der Waals surface area contributed by atoms with E-state index in [0.717, 1.165) is 0 Å². The standard InChI is InChI=1S/C13H21FN4O2/c1-13(2,19)8-20-10-4-6-18(7-9(10)14)12-16-5-3-11(15)17-12/h3,5,9-10,19H,4,6-8H2,1-2H3,(H2,15,16,17)/t9-,10+/m1/s1. The topological polar surface area (TPSA) is 84.5 Å². The number of ether oxygens (including phenoxy) is 1. The van der Waals surface area contributed by atoms with E-state index in [1.54, 1.807) is 31.0 Å². The maximum Gasteiger partial charge on any atom is 0.227 e. The molecule has 2 heterocycles. The third-order valence-corrected chi connectivity index (χ3v) is 3.08. The Balaban J connectivity index is 1.92. The minimum atomic E-state index is -1.14. The zero-order chi connectivity index (χ0) is 14.8. The fraction of sp³-hybridized carbons (Fsp3) is 0.692. The summed E-state index contributed by atoms with van der Waals surface area (Å²) in [4.78, 5) is 9.94. The van der Waals surface area contributed by atoms with Crippen molar-refractivity contribution in [2.45, 2.75) is 38.1 Å². The lowest BCUT2D eigenvalue weighted by Gasteiger charge is -2.35. The Labute approximate surface area is 117 Å². The molecule has 0 aliphatic carbocycles. The zero-order valence-corrected chi connectivity index (χ0v) is 11.8. The molecule has 20 heavy (non-hydrogen) atoms. The van der Waals surface area contributed by atoms with E-state index in [0.29, 0.717) is 24.7 Å². The van der Waals surface area contributed by atoms with Crippen molar-refractivity contribution in [1.82, 2.24) is 9.97 Å². The van der Waals surface area contributed by atoms with Crippen molar-refractivity contribution in [3.63, 3.8) is 0 Å². The Bertz CT molecular complexity index is 452. The molecule has 0 unspecified atom stereocenters. The monoisotopic (exact) mass is 284 g/mol. The van der Waals surface area contributed by atoms with Gasteiger partial charge in [-0.15, -0.1) is 0 Å². The molecule has 1 saturated heterocycles. The van der Waals surface area contributed by atoms with E-state index in [-0.39, 0.29) is 13.2 Å². The van der Waals surface area contributed by atoms with Gasteiger partial charge in [0, 0.05) is 12.7 Å². The Morgan fingerprint density at radius 3 is 2.95 bits per heavy atom. The number of halogens is 1. The summed E-state index contributed by atoms with van der Waals surface area (Å²) < 4.78 is 19.6. The molecule has 1 aromatic heterocycles. The minimum Gasteiger partial charge on any atom is -0.388 e. The molecule has 1 aliphatic rings. The molecule has 2 rings (SSSR count). The number of hydrogen-bond acceptors (Lipinski definition) is 6. The number of aliphatic hydroxyl groups is 1. The smallest absolute Gasteiger partial charge is 0.227 e. The van der Waals surface area contributed by atoms with Gasteiger partial charge in [-0.05, 0) is 26.3 Å². The number of aromatic nitrogens is 2. The van der Waals surface area contributed by atoms with E-state index in [1.165, 1.54) is 0 Å². The van der Waals surface area contributed by atoms with Crippen molar-refractivity contribution >= 4 is 11.8 Å². The summed E-state index contributed by atoms with van der Waals surface area (Å²) in [6, 6.07) is 1.59. The van der Waals surface area contributed by atoms with Crippen LogP contribution in [-0.2, 0) is 4.74 Å². The second kappa shape index (κ2) is 5.88.